The molecule has 0 heterocycles. The van der Waals surface area contributed by atoms with Crippen LogP contribution in [-0.2, 0) is 4.74 Å². The lowest BCUT2D eigenvalue weighted by Crippen LogP contribution is -2.33. The molecule has 0 rings (SSSR count). The average Bonchev–Trinajstić information content (AvgIpc) is 2.45. The Bertz CT molecular complexity index is 254. The predicted octanol–water partition coefficient (Wildman–Crippen LogP) is 6.21. The minimum Gasteiger partial charge on any atom is -0.446 e. The van der Waals surface area contributed by atoms with Crippen LogP contribution in [0.1, 0.15) is 105 Å². The first kappa shape index (κ1) is 21.3. The minimum atomic E-state index is -0.251. The third kappa shape index (κ3) is 14.2. The molecule has 1 atom stereocenters. The van der Waals surface area contributed by atoms with E-state index in [4.69, 9.17) is 4.74 Å². The molecule has 0 fully saturated rings. The van der Waals surface area contributed by atoms with Crippen LogP contribution in [0.3, 0.4) is 0 Å². The summed E-state index contributed by atoms with van der Waals surface area (Å²) in [6.07, 6.45) is 14.6. The quantitative estimate of drug-likeness (QED) is 0.387. The van der Waals surface area contributed by atoms with Crippen LogP contribution in [0.15, 0.2) is 0 Å². The number of ether oxygens (including phenoxy) is 1. The maximum absolute atomic E-state index is 11.8. The van der Waals surface area contributed by atoms with Gasteiger partial charge in [0, 0.05) is 6.04 Å². The van der Waals surface area contributed by atoms with Crippen LogP contribution in [0.25, 0.3) is 0 Å². The maximum atomic E-state index is 11.8. The first-order valence-electron chi connectivity index (χ1n) is 9.57. The lowest BCUT2D eigenvalue weighted by atomic mass is 10.0. The van der Waals surface area contributed by atoms with Crippen molar-refractivity contribution < 1.29 is 9.53 Å². The Balaban J connectivity index is 3.89. The van der Waals surface area contributed by atoms with Gasteiger partial charge < -0.3 is 10.1 Å². The molecule has 132 valence electrons. The Hall–Kier alpha value is -0.730. The van der Waals surface area contributed by atoms with Crippen LogP contribution in [0.5, 0.6) is 0 Å². The summed E-state index contributed by atoms with van der Waals surface area (Å²) in [5.41, 5.74) is 0. The number of hydrogen-bond acceptors (Lipinski definition) is 2. The molecular weight excluding hydrogens is 274 g/mol. The van der Waals surface area contributed by atoms with Crippen molar-refractivity contribution in [3.63, 3.8) is 0 Å². The van der Waals surface area contributed by atoms with Crippen molar-refractivity contribution in [2.24, 2.45) is 0 Å². The van der Waals surface area contributed by atoms with Gasteiger partial charge in [-0.15, -0.1) is 0 Å². The second kappa shape index (κ2) is 15.2. The Morgan fingerprint density at radius 2 is 1.27 bits per heavy atom. The van der Waals surface area contributed by atoms with E-state index in [1.54, 1.807) is 0 Å². The van der Waals surface area contributed by atoms with Crippen LogP contribution in [0.2, 0.25) is 0 Å². The van der Waals surface area contributed by atoms with E-state index in [1.165, 1.54) is 57.8 Å². The number of carbonyl (C=O) groups is 1. The molecule has 3 nitrogen and oxygen atoms in total. The van der Waals surface area contributed by atoms with Crippen LogP contribution in [0, 0.1) is 0 Å². The second-order valence-electron chi connectivity index (χ2n) is 6.73. The van der Waals surface area contributed by atoms with Gasteiger partial charge in [-0.1, -0.05) is 65.2 Å². The summed E-state index contributed by atoms with van der Waals surface area (Å²) in [6.45, 7) is 8.38. The van der Waals surface area contributed by atoms with Gasteiger partial charge in [-0.25, -0.2) is 4.79 Å². The van der Waals surface area contributed by atoms with E-state index in [1.807, 2.05) is 13.8 Å². The zero-order valence-corrected chi connectivity index (χ0v) is 15.5. The molecule has 0 bridgehead atoms. The van der Waals surface area contributed by atoms with Gasteiger partial charge in [0.05, 0.1) is 0 Å². The number of unbranched alkanes of at least 4 members (excludes halogenated alkanes) is 8. The van der Waals surface area contributed by atoms with Gasteiger partial charge in [0.25, 0.3) is 0 Å². The molecule has 22 heavy (non-hydrogen) atoms. The Labute approximate surface area is 138 Å². The molecule has 0 aliphatic heterocycles. The minimum absolute atomic E-state index is 0.0981. The van der Waals surface area contributed by atoms with Crippen LogP contribution >= 0.6 is 0 Å². The molecule has 1 N–H and O–H groups in total. The molecule has 0 aliphatic carbocycles. The molecule has 0 aromatic carbocycles. The van der Waals surface area contributed by atoms with Gasteiger partial charge in [-0.3, -0.25) is 0 Å². The first-order valence-corrected chi connectivity index (χ1v) is 9.57. The van der Waals surface area contributed by atoms with Crippen molar-refractivity contribution in [2.75, 3.05) is 0 Å². The highest BCUT2D eigenvalue weighted by atomic mass is 16.6. The second-order valence-corrected chi connectivity index (χ2v) is 6.73. The molecule has 3 heteroatoms. The summed E-state index contributed by atoms with van der Waals surface area (Å²) in [6, 6.07) is 0.141. The molecule has 1 unspecified atom stereocenters. The van der Waals surface area contributed by atoms with Crippen molar-refractivity contribution in [3.8, 4) is 0 Å². The summed E-state index contributed by atoms with van der Waals surface area (Å²) in [5, 5.41) is 2.83. The zero-order chi connectivity index (χ0) is 16.6. The fourth-order valence-electron chi connectivity index (χ4n) is 2.63. The van der Waals surface area contributed by atoms with Gasteiger partial charge in [0.2, 0.25) is 0 Å². The van der Waals surface area contributed by atoms with Crippen molar-refractivity contribution in [3.05, 3.63) is 0 Å². The van der Waals surface area contributed by atoms with E-state index >= 15 is 0 Å². The first-order chi connectivity index (χ1) is 10.6. The Morgan fingerprint density at radius 1 is 0.818 bits per heavy atom. The smallest absolute Gasteiger partial charge is 0.407 e. The maximum Gasteiger partial charge on any atom is 0.407 e. The van der Waals surface area contributed by atoms with Crippen molar-refractivity contribution in [1.29, 1.82) is 0 Å². The summed E-state index contributed by atoms with van der Waals surface area (Å²) in [4.78, 5) is 11.8. The molecule has 1 amide bonds. The van der Waals surface area contributed by atoms with Gasteiger partial charge in [-0.05, 0) is 39.5 Å². The fraction of sp³-hybridized carbons (Fsp3) is 0.947. The highest BCUT2D eigenvalue weighted by Crippen LogP contribution is 2.16. The number of alkyl carbamates (subject to hydrolysis) is 1. The van der Waals surface area contributed by atoms with E-state index in [0.717, 1.165) is 19.3 Å². The standard InChI is InChI=1S/C19H39NO2/c1-5-7-9-10-11-12-14-16-18(15-13-8-6-2)22-19(21)20-17(3)4/h17-18H,5-16H2,1-4H3,(H,20,21). The van der Waals surface area contributed by atoms with Crippen LogP contribution < -0.4 is 5.32 Å². The van der Waals surface area contributed by atoms with E-state index < -0.39 is 0 Å². The molecular formula is C19H39NO2. The summed E-state index contributed by atoms with van der Waals surface area (Å²) >= 11 is 0. The lowest BCUT2D eigenvalue weighted by molar-refractivity contribution is 0.0825. The van der Waals surface area contributed by atoms with Crippen molar-refractivity contribution in [2.45, 2.75) is 117 Å². The molecule has 0 spiro atoms. The SMILES string of the molecule is CCCCCCCCCC(CCCCC)OC(=O)NC(C)C. The monoisotopic (exact) mass is 313 g/mol. The van der Waals surface area contributed by atoms with Crippen molar-refractivity contribution >= 4 is 6.09 Å². The Morgan fingerprint density at radius 3 is 1.82 bits per heavy atom. The van der Waals surface area contributed by atoms with E-state index in [2.05, 4.69) is 19.2 Å². The highest BCUT2D eigenvalue weighted by Gasteiger charge is 2.14. The zero-order valence-electron chi connectivity index (χ0n) is 15.5. The average molecular weight is 314 g/mol. The third-order valence-electron chi connectivity index (χ3n) is 3.94. The molecule has 0 saturated carbocycles. The van der Waals surface area contributed by atoms with Crippen LogP contribution in [-0.4, -0.2) is 18.2 Å². The summed E-state index contributed by atoms with van der Waals surface area (Å²) < 4.78 is 5.60. The van der Waals surface area contributed by atoms with Gasteiger partial charge in [0.1, 0.15) is 6.10 Å². The van der Waals surface area contributed by atoms with E-state index in [9.17, 15) is 4.79 Å². The number of carbonyl (C=O) groups excluding carboxylic acids is 1. The van der Waals surface area contributed by atoms with E-state index in [-0.39, 0.29) is 18.2 Å². The fourth-order valence-corrected chi connectivity index (χ4v) is 2.63. The molecule has 0 aliphatic rings. The largest absolute Gasteiger partial charge is 0.446 e. The van der Waals surface area contributed by atoms with Gasteiger partial charge >= 0.3 is 6.09 Å². The normalized spacial score (nSPS) is 12.4. The number of nitrogens with one attached hydrogen (secondary N) is 1. The summed E-state index contributed by atoms with van der Waals surface area (Å²) in [5.74, 6) is 0. The molecule has 0 aromatic rings. The highest BCUT2D eigenvalue weighted by molar-refractivity contribution is 5.67. The van der Waals surface area contributed by atoms with Gasteiger partial charge in [-0.2, -0.15) is 0 Å². The lowest BCUT2D eigenvalue weighted by Gasteiger charge is -2.19. The predicted molar refractivity (Wildman–Crippen MR) is 95.3 cm³/mol. The number of hydrogen-bond donors (Lipinski definition) is 1. The molecule has 0 aromatic heterocycles. The number of amides is 1. The van der Waals surface area contributed by atoms with Crippen LogP contribution in [0.4, 0.5) is 4.79 Å². The Kier molecular flexibility index (Phi) is 14.7. The topological polar surface area (TPSA) is 38.3 Å². The third-order valence-corrected chi connectivity index (χ3v) is 3.94. The van der Waals surface area contributed by atoms with Crippen molar-refractivity contribution in [1.82, 2.24) is 5.32 Å². The molecule has 0 saturated heterocycles. The summed E-state index contributed by atoms with van der Waals surface area (Å²) in [7, 11) is 0. The number of rotatable bonds is 14. The van der Waals surface area contributed by atoms with Gasteiger partial charge in [0.15, 0.2) is 0 Å². The van der Waals surface area contributed by atoms with E-state index in [0.29, 0.717) is 0 Å². The molecule has 0 radical (unpaired) electrons.